The van der Waals surface area contributed by atoms with Gasteiger partial charge >= 0.3 is 23.9 Å². The molecule has 0 spiro atoms. The highest BCUT2D eigenvalue weighted by Gasteiger charge is 2.26. The molecule has 4 unspecified atom stereocenters. The first-order valence-electron chi connectivity index (χ1n) is 12.7. The molecule has 4 atom stereocenters. The smallest absolute Gasteiger partial charge is 0.342 e. The molecule has 2 aromatic carbocycles. The number of carboxylic acid groups (broad SMARTS) is 1. The minimum Gasteiger partial charge on any atom is -0.508 e. The molecule has 13 nitrogen and oxygen atoms in total. The van der Waals surface area contributed by atoms with Crippen LogP contribution in [-0.2, 0) is 36.6 Å². The second-order valence-corrected chi connectivity index (χ2v) is 9.79. The molecule has 224 valence electrons. The van der Waals surface area contributed by atoms with E-state index >= 15 is 0 Å². The molecule has 0 saturated heterocycles. The van der Waals surface area contributed by atoms with Crippen molar-refractivity contribution in [2.24, 2.45) is 0 Å². The molecular formula is C28H34O13. The van der Waals surface area contributed by atoms with Gasteiger partial charge in [0.25, 0.3) is 0 Å². The number of carboxylic acids is 1. The van der Waals surface area contributed by atoms with Crippen molar-refractivity contribution in [1.29, 1.82) is 0 Å². The van der Waals surface area contributed by atoms with Crippen LogP contribution in [0, 0.1) is 0 Å². The monoisotopic (exact) mass is 578 g/mol. The van der Waals surface area contributed by atoms with Gasteiger partial charge in [0.1, 0.15) is 52.4 Å². The van der Waals surface area contributed by atoms with Gasteiger partial charge in [-0.05, 0) is 57.4 Å². The van der Waals surface area contributed by atoms with Crippen LogP contribution in [0.3, 0.4) is 0 Å². The van der Waals surface area contributed by atoms with Crippen molar-refractivity contribution in [3.8, 4) is 23.0 Å². The molecule has 41 heavy (non-hydrogen) atoms. The molecule has 0 bridgehead atoms. The second-order valence-electron chi connectivity index (χ2n) is 9.79. The topological polar surface area (TPSA) is 217 Å². The molecule has 0 heterocycles. The van der Waals surface area contributed by atoms with E-state index in [0.29, 0.717) is 0 Å². The number of ether oxygens (including phenoxy) is 3. The van der Waals surface area contributed by atoms with Crippen molar-refractivity contribution in [3.05, 3.63) is 46.5 Å². The zero-order chi connectivity index (χ0) is 31.0. The van der Waals surface area contributed by atoms with Gasteiger partial charge in [0.15, 0.2) is 0 Å². The largest absolute Gasteiger partial charge is 0.508 e. The molecule has 6 N–H and O–H groups in total. The van der Waals surface area contributed by atoms with Crippen molar-refractivity contribution in [2.45, 2.75) is 77.8 Å². The van der Waals surface area contributed by atoms with Gasteiger partial charge in [0, 0.05) is 18.6 Å². The van der Waals surface area contributed by atoms with E-state index in [0.717, 1.165) is 12.1 Å². The number of aliphatic hydroxyl groups is 1. The molecular weight excluding hydrogens is 544 g/mol. The minimum atomic E-state index is -1.19. The van der Waals surface area contributed by atoms with Gasteiger partial charge in [-0.1, -0.05) is 0 Å². The Bertz CT molecular complexity index is 1280. The van der Waals surface area contributed by atoms with E-state index in [1.807, 2.05) is 0 Å². The van der Waals surface area contributed by atoms with E-state index in [9.17, 15) is 44.7 Å². The summed E-state index contributed by atoms with van der Waals surface area (Å²) in [4.78, 5) is 48.7. The van der Waals surface area contributed by atoms with Crippen LogP contribution in [0.5, 0.6) is 23.0 Å². The summed E-state index contributed by atoms with van der Waals surface area (Å²) in [6, 6.07) is 4.23. The number of hydrogen-bond acceptors (Lipinski definition) is 12. The highest BCUT2D eigenvalue weighted by molar-refractivity contribution is 5.95. The SMILES string of the molecule is CC(O)Cc1cc(O)cc(O)c1C(=O)OC(C)CC(=O)OC(C)Cc1cc(O)cc(O)c1C(=O)OC(C)CC(=O)O. The molecule has 2 rings (SSSR count). The first-order valence-corrected chi connectivity index (χ1v) is 12.7. The van der Waals surface area contributed by atoms with Crippen molar-refractivity contribution in [2.75, 3.05) is 0 Å². The molecule has 2 aromatic rings. The van der Waals surface area contributed by atoms with E-state index < -0.39 is 72.6 Å². The van der Waals surface area contributed by atoms with Crippen molar-refractivity contribution >= 4 is 23.9 Å². The number of aromatic hydroxyl groups is 4. The molecule has 0 saturated carbocycles. The normalized spacial score (nSPS) is 13.9. The summed E-state index contributed by atoms with van der Waals surface area (Å²) in [5.74, 6) is -5.86. The van der Waals surface area contributed by atoms with Crippen LogP contribution >= 0.6 is 0 Å². The number of aliphatic hydroxyl groups excluding tert-OH is 1. The Morgan fingerprint density at radius 3 is 1.54 bits per heavy atom. The van der Waals surface area contributed by atoms with Crippen molar-refractivity contribution < 1.29 is 64.0 Å². The Hall–Kier alpha value is -4.52. The maximum atomic E-state index is 12.7. The Balaban J connectivity index is 2.07. The van der Waals surface area contributed by atoms with Crippen LogP contribution in [0.25, 0.3) is 0 Å². The van der Waals surface area contributed by atoms with Crippen LogP contribution < -0.4 is 0 Å². The number of phenols is 4. The van der Waals surface area contributed by atoms with E-state index in [1.165, 1.54) is 39.8 Å². The predicted molar refractivity (Wildman–Crippen MR) is 141 cm³/mol. The fourth-order valence-electron chi connectivity index (χ4n) is 4.12. The van der Waals surface area contributed by atoms with Crippen LogP contribution in [0.4, 0.5) is 0 Å². The standard InChI is InChI=1S/C28H34O13/c1-13(29)5-17-9-19(30)11-21(32)25(17)27(37)41-16(4)8-24(36)39-14(2)6-18-10-20(31)12-22(33)26(18)28(38)40-15(3)7-23(34)35/h9-16,29-33H,5-8H2,1-4H3,(H,34,35). The Morgan fingerprint density at radius 1 is 0.659 bits per heavy atom. The average Bonchev–Trinajstić information content (AvgIpc) is 2.76. The summed E-state index contributed by atoms with van der Waals surface area (Å²) < 4.78 is 15.7. The van der Waals surface area contributed by atoms with Gasteiger partial charge in [0.05, 0.1) is 18.9 Å². The zero-order valence-corrected chi connectivity index (χ0v) is 23.0. The van der Waals surface area contributed by atoms with Gasteiger partial charge in [-0.3, -0.25) is 9.59 Å². The summed E-state index contributed by atoms with van der Waals surface area (Å²) >= 11 is 0. The van der Waals surface area contributed by atoms with Crippen LogP contribution in [0.15, 0.2) is 24.3 Å². The number of carbonyl (C=O) groups excluding carboxylic acids is 3. The number of carbonyl (C=O) groups is 4. The van der Waals surface area contributed by atoms with E-state index in [2.05, 4.69) is 0 Å². The lowest BCUT2D eigenvalue weighted by molar-refractivity contribution is -0.150. The lowest BCUT2D eigenvalue weighted by Crippen LogP contribution is -2.25. The van der Waals surface area contributed by atoms with Gasteiger partial charge in [0.2, 0.25) is 0 Å². The molecule has 0 aliphatic carbocycles. The third kappa shape index (κ3) is 9.87. The molecule has 0 aliphatic rings. The molecule has 0 radical (unpaired) electrons. The van der Waals surface area contributed by atoms with Crippen molar-refractivity contribution in [1.82, 2.24) is 0 Å². The number of esters is 3. The highest BCUT2D eigenvalue weighted by Crippen LogP contribution is 2.31. The van der Waals surface area contributed by atoms with Crippen molar-refractivity contribution in [3.63, 3.8) is 0 Å². The maximum absolute atomic E-state index is 12.7. The summed E-state index contributed by atoms with van der Waals surface area (Å²) in [7, 11) is 0. The number of benzene rings is 2. The fourth-order valence-corrected chi connectivity index (χ4v) is 4.12. The predicted octanol–water partition coefficient (Wildman–Crippen LogP) is 2.56. The van der Waals surface area contributed by atoms with Gasteiger partial charge in [-0.2, -0.15) is 0 Å². The number of phenolic OH excluding ortho intramolecular Hbond substituents is 4. The summed E-state index contributed by atoms with van der Waals surface area (Å²) in [5, 5.41) is 58.6. The van der Waals surface area contributed by atoms with E-state index in [1.54, 1.807) is 0 Å². The van der Waals surface area contributed by atoms with Crippen LogP contribution in [0.2, 0.25) is 0 Å². The summed E-state index contributed by atoms with van der Waals surface area (Å²) in [6.07, 6.45) is -4.87. The van der Waals surface area contributed by atoms with Gasteiger partial charge in [-0.25, -0.2) is 9.59 Å². The fraction of sp³-hybridized carbons (Fsp3) is 0.429. The van der Waals surface area contributed by atoms with E-state index in [4.69, 9.17) is 19.3 Å². The first kappa shape index (κ1) is 32.7. The molecule has 0 fully saturated rings. The molecule has 13 heteroatoms. The van der Waals surface area contributed by atoms with Gasteiger partial charge in [-0.15, -0.1) is 0 Å². The second kappa shape index (κ2) is 14.2. The third-order valence-electron chi connectivity index (χ3n) is 5.66. The number of aliphatic carboxylic acids is 1. The average molecular weight is 579 g/mol. The minimum absolute atomic E-state index is 0.0566. The summed E-state index contributed by atoms with van der Waals surface area (Å²) in [6.45, 7) is 5.71. The Kier molecular flexibility index (Phi) is 11.3. The summed E-state index contributed by atoms with van der Waals surface area (Å²) in [5.41, 5.74) is -0.375. The number of hydrogen-bond donors (Lipinski definition) is 6. The Labute approximate surface area is 235 Å². The lowest BCUT2D eigenvalue weighted by atomic mass is 10.00. The molecule has 0 aliphatic heterocycles. The van der Waals surface area contributed by atoms with Gasteiger partial charge < -0.3 is 44.8 Å². The highest BCUT2D eigenvalue weighted by atomic mass is 16.6. The quantitative estimate of drug-likeness (QED) is 0.149. The number of rotatable bonds is 13. The molecule has 0 aromatic heterocycles. The third-order valence-corrected chi connectivity index (χ3v) is 5.66. The zero-order valence-electron chi connectivity index (χ0n) is 23.0. The molecule has 0 amide bonds. The lowest BCUT2D eigenvalue weighted by Gasteiger charge is -2.19. The Morgan fingerprint density at radius 2 is 1.10 bits per heavy atom. The van der Waals surface area contributed by atoms with Crippen LogP contribution in [-0.4, -0.2) is 78.9 Å². The van der Waals surface area contributed by atoms with Crippen LogP contribution in [0.1, 0.15) is 72.4 Å². The van der Waals surface area contributed by atoms with E-state index in [-0.39, 0.29) is 46.6 Å². The maximum Gasteiger partial charge on any atom is 0.342 e. The first-order chi connectivity index (χ1) is 19.1.